The summed E-state index contributed by atoms with van der Waals surface area (Å²) in [6.07, 6.45) is 1.17. The van der Waals surface area contributed by atoms with Crippen LogP contribution in [0.3, 0.4) is 0 Å². The monoisotopic (exact) mass is 263 g/mol. The van der Waals surface area contributed by atoms with Crippen LogP contribution in [0.2, 0.25) is 0 Å². The van der Waals surface area contributed by atoms with Gasteiger partial charge in [-0.2, -0.15) is 11.8 Å². The van der Waals surface area contributed by atoms with Gasteiger partial charge in [0.15, 0.2) is 0 Å². The van der Waals surface area contributed by atoms with E-state index < -0.39 is 0 Å². The van der Waals surface area contributed by atoms with Gasteiger partial charge < -0.3 is 9.88 Å². The number of rotatable bonds is 6. The summed E-state index contributed by atoms with van der Waals surface area (Å²) in [7, 11) is 2.06. The van der Waals surface area contributed by atoms with E-state index in [1.807, 2.05) is 17.8 Å². The number of nitrogens with one attached hydrogen (secondary N) is 1. The van der Waals surface area contributed by atoms with Gasteiger partial charge in [-0.3, -0.25) is 0 Å². The van der Waals surface area contributed by atoms with Crippen LogP contribution in [0.1, 0.15) is 20.3 Å². The van der Waals surface area contributed by atoms with Crippen molar-refractivity contribution < 1.29 is 0 Å². The van der Waals surface area contributed by atoms with Crippen molar-refractivity contribution in [2.24, 2.45) is 7.05 Å². The molecule has 1 aromatic carbocycles. The van der Waals surface area contributed by atoms with Crippen molar-refractivity contribution >= 4 is 28.7 Å². The molecule has 1 N–H and O–H groups in total. The third-order valence-corrected chi connectivity index (χ3v) is 3.99. The van der Waals surface area contributed by atoms with Crippen molar-refractivity contribution in [3.8, 4) is 0 Å². The van der Waals surface area contributed by atoms with Gasteiger partial charge in [-0.25, -0.2) is 4.98 Å². The molecule has 1 heterocycles. The first-order valence-corrected chi connectivity index (χ1v) is 7.63. The van der Waals surface area contributed by atoms with E-state index in [-0.39, 0.29) is 0 Å². The predicted molar refractivity (Wildman–Crippen MR) is 81.4 cm³/mol. The molecule has 4 heteroatoms. The molecule has 18 heavy (non-hydrogen) atoms. The zero-order chi connectivity index (χ0) is 13.0. The molecular weight excluding hydrogens is 242 g/mol. The Morgan fingerprint density at radius 2 is 2.17 bits per heavy atom. The van der Waals surface area contributed by atoms with E-state index in [9.17, 15) is 0 Å². The Labute approximate surface area is 113 Å². The second-order valence-corrected chi connectivity index (χ2v) is 5.91. The van der Waals surface area contributed by atoms with Gasteiger partial charge in [0, 0.05) is 13.1 Å². The van der Waals surface area contributed by atoms with Gasteiger partial charge in [-0.05, 0) is 37.0 Å². The molecule has 0 radical (unpaired) electrons. The number of nitrogens with zero attached hydrogens (tertiary/aromatic N) is 2. The summed E-state index contributed by atoms with van der Waals surface area (Å²) in [5.41, 5.74) is 2.23. The molecule has 1 atom stereocenters. The third kappa shape index (κ3) is 2.99. The maximum Gasteiger partial charge on any atom is 0.203 e. The first kappa shape index (κ1) is 13.3. The minimum Gasteiger partial charge on any atom is -0.353 e. The van der Waals surface area contributed by atoms with E-state index in [0.29, 0.717) is 6.04 Å². The fourth-order valence-electron chi connectivity index (χ4n) is 1.97. The normalized spacial score (nSPS) is 12.8. The Kier molecular flexibility index (Phi) is 4.53. The van der Waals surface area contributed by atoms with Crippen molar-refractivity contribution in [1.82, 2.24) is 9.55 Å². The number of para-hydroxylation sites is 2. The van der Waals surface area contributed by atoms with Crippen molar-refractivity contribution in [2.75, 3.05) is 16.8 Å². The summed E-state index contributed by atoms with van der Waals surface area (Å²) in [5, 5.41) is 3.50. The Hall–Kier alpha value is -1.16. The lowest BCUT2D eigenvalue weighted by Crippen LogP contribution is -2.18. The molecule has 2 aromatic rings. The lowest BCUT2D eigenvalue weighted by molar-refractivity contribution is 0.749. The molecule has 0 amide bonds. The highest BCUT2D eigenvalue weighted by Crippen LogP contribution is 2.18. The number of fused-ring (bicyclic) bond motifs is 1. The van der Waals surface area contributed by atoms with Gasteiger partial charge in [0.05, 0.1) is 11.0 Å². The number of hydrogen-bond donors (Lipinski definition) is 1. The van der Waals surface area contributed by atoms with Crippen LogP contribution < -0.4 is 5.32 Å². The lowest BCUT2D eigenvalue weighted by atomic mass is 10.3. The molecule has 0 fully saturated rings. The topological polar surface area (TPSA) is 29.9 Å². The average Bonchev–Trinajstić information content (AvgIpc) is 2.67. The van der Waals surface area contributed by atoms with Crippen LogP contribution in [0.5, 0.6) is 0 Å². The molecule has 0 aliphatic carbocycles. The zero-order valence-corrected chi connectivity index (χ0v) is 12.1. The molecule has 1 unspecified atom stereocenters. The van der Waals surface area contributed by atoms with E-state index >= 15 is 0 Å². The van der Waals surface area contributed by atoms with Gasteiger partial charge >= 0.3 is 0 Å². The van der Waals surface area contributed by atoms with Crippen molar-refractivity contribution in [3.05, 3.63) is 24.3 Å². The number of aromatic nitrogens is 2. The van der Waals surface area contributed by atoms with Crippen LogP contribution in [0.4, 0.5) is 5.95 Å². The van der Waals surface area contributed by atoms with E-state index in [4.69, 9.17) is 0 Å². The smallest absolute Gasteiger partial charge is 0.203 e. The number of benzene rings is 1. The summed E-state index contributed by atoms with van der Waals surface area (Å²) in [6.45, 7) is 4.42. The molecular formula is C14H21N3S. The zero-order valence-electron chi connectivity index (χ0n) is 11.3. The second kappa shape index (κ2) is 6.14. The Bertz CT molecular complexity index is 507. The number of thioether (sulfide) groups is 1. The minimum absolute atomic E-state index is 0.458. The van der Waals surface area contributed by atoms with Crippen LogP contribution >= 0.6 is 11.8 Å². The molecule has 0 saturated heterocycles. The average molecular weight is 263 g/mol. The lowest BCUT2D eigenvalue weighted by Gasteiger charge is -2.14. The van der Waals surface area contributed by atoms with E-state index in [0.717, 1.165) is 11.5 Å². The fraction of sp³-hybridized carbons (Fsp3) is 0.500. The van der Waals surface area contributed by atoms with Crippen LogP contribution in [0.25, 0.3) is 11.0 Å². The molecule has 0 spiro atoms. The van der Waals surface area contributed by atoms with Crippen LogP contribution in [0.15, 0.2) is 24.3 Å². The molecule has 0 aliphatic rings. The standard InChI is InChI=1S/C14H21N3S/c1-4-18-10-9-11(2)15-14-16-12-7-5-6-8-13(12)17(14)3/h5-8,11H,4,9-10H2,1-3H3,(H,15,16). The first-order valence-electron chi connectivity index (χ1n) is 6.48. The maximum atomic E-state index is 4.63. The summed E-state index contributed by atoms with van der Waals surface area (Å²) < 4.78 is 2.12. The van der Waals surface area contributed by atoms with Gasteiger partial charge in [0.1, 0.15) is 0 Å². The van der Waals surface area contributed by atoms with Gasteiger partial charge in [-0.1, -0.05) is 19.1 Å². The first-order chi connectivity index (χ1) is 8.72. The third-order valence-electron chi connectivity index (χ3n) is 3.06. The molecule has 98 valence electrons. The highest BCUT2D eigenvalue weighted by molar-refractivity contribution is 7.99. The molecule has 3 nitrogen and oxygen atoms in total. The number of hydrogen-bond acceptors (Lipinski definition) is 3. The van der Waals surface area contributed by atoms with Gasteiger partial charge in [-0.15, -0.1) is 0 Å². The van der Waals surface area contributed by atoms with E-state index in [1.54, 1.807) is 0 Å². The summed E-state index contributed by atoms with van der Waals surface area (Å²) in [4.78, 5) is 4.63. The molecule has 0 aliphatic heterocycles. The van der Waals surface area contributed by atoms with Crippen molar-refractivity contribution in [1.29, 1.82) is 0 Å². The summed E-state index contributed by atoms with van der Waals surface area (Å²) in [6, 6.07) is 8.69. The number of aryl methyl sites for hydroxylation is 1. The van der Waals surface area contributed by atoms with Crippen LogP contribution in [-0.4, -0.2) is 27.1 Å². The Morgan fingerprint density at radius 3 is 2.89 bits per heavy atom. The quantitative estimate of drug-likeness (QED) is 0.809. The molecule has 2 rings (SSSR count). The molecule has 0 bridgehead atoms. The van der Waals surface area contributed by atoms with E-state index in [1.165, 1.54) is 23.4 Å². The molecule has 0 saturated carbocycles. The van der Waals surface area contributed by atoms with Crippen LogP contribution in [-0.2, 0) is 7.05 Å². The van der Waals surface area contributed by atoms with Crippen molar-refractivity contribution in [3.63, 3.8) is 0 Å². The van der Waals surface area contributed by atoms with Gasteiger partial charge in [0.2, 0.25) is 5.95 Å². The fourth-order valence-corrected chi connectivity index (χ4v) is 2.78. The van der Waals surface area contributed by atoms with Crippen LogP contribution in [0, 0.1) is 0 Å². The highest BCUT2D eigenvalue weighted by Gasteiger charge is 2.09. The highest BCUT2D eigenvalue weighted by atomic mass is 32.2. The Morgan fingerprint density at radius 1 is 1.39 bits per heavy atom. The Balaban J connectivity index is 2.05. The predicted octanol–water partition coefficient (Wildman–Crippen LogP) is 3.52. The largest absolute Gasteiger partial charge is 0.353 e. The van der Waals surface area contributed by atoms with E-state index in [2.05, 4.69) is 54.0 Å². The summed E-state index contributed by atoms with van der Waals surface area (Å²) in [5.74, 6) is 3.36. The SMILES string of the molecule is CCSCCC(C)Nc1nc2ccccc2n1C. The molecule has 1 aromatic heterocycles. The van der Waals surface area contributed by atoms with Gasteiger partial charge in [0.25, 0.3) is 0 Å². The summed E-state index contributed by atoms with van der Waals surface area (Å²) >= 11 is 1.99. The maximum absolute atomic E-state index is 4.63. The van der Waals surface area contributed by atoms with Crippen molar-refractivity contribution in [2.45, 2.75) is 26.3 Å². The second-order valence-electron chi connectivity index (χ2n) is 4.51. The number of anilines is 1. The minimum atomic E-state index is 0.458. The number of imidazole rings is 1.